The van der Waals surface area contributed by atoms with Crippen molar-refractivity contribution in [2.24, 2.45) is 0 Å². The van der Waals surface area contributed by atoms with Gasteiger partial charge >= 0.3 is 0 Å². The van der Waals surface area contributed by atoms with Crippen molar-refractivity contribution >= 4 is 16.7 Å². The molecule has 0 saturated carbocycles. The minimum absolute atomic E-state index is 0.223. The summed E-state index contributed by atoms with van der Waals surface area (Å²) in [5.41, 5.74) is 0.419. The van der Waals surface area contributed by atoms with Crippen LogP contribution in [0.25, 0.3) is 16.5 Å². The molecule has 0 aliphatic heterocycles. The number of nitrogens with one attached hydrogen (secondary N) is 2. The number of carbonyl (C=O) groups is 1. The molecule has 0 aliphatic carbocycles. The summed E-state index contributed by atoms with van der Waals surface area (Å²) in [6.45, 7) is 7.64. The molecule has 0 radical (unpaired) electrons. The zero-order valence-electron chi connectivity index (χ0n) is 17.1. The molecular weight excluding hydrogens is 368 g/mol. The summed E-state index contributed by atoms with van der Waals surface area (Å²) < 4.78 is 6.62. The van der Waals surface area contributed by atoms with Gasteiger partial charge in [-0.15, -0.1) is 0 Å². The van der Waals surface area contributed by atoms with E-state index in [0.717, 1.165) is 19.6 Å². The number of methoxy groups -OCH3 is 1. The number of nitrogens with zero attached hydrogens (tertiary/aromatic N) is 2. The molecule has 0 spiro atoms. The lowest BCUT2D eigenvalue weighted by molar-refractivity contribution is -0.895. The molecule has 0 saturated heterocycles. The molecular formula is C22H27N4O3+. The largest absolute Gasteiger partial charge is 0.494 e. The molecule has 29 heavy (non-hydrogen) atoms. The van der Waals surface area contributed by atoms with Crippen LogP contribution in [0.4, 0.5) is 0 Å². The summed E-state index contributed by atoms with van der Waals surface area (Å²) in [6, 6.07) is 14.2. The van der Waals surface area contributed by atoms with Crippen molar-refractivity contribution in [3.63, 3.8) is 0 Å². The van der Waals surface area contributed by atoms with E-state index in [0.29, 0.717) is 28.8 Å². The van der Waals surface area contributed by atoms with E-state index in [4.69, 9.17) is 4.74 Å². The fourth-order valence-corrected chi connectivity index (χ4v) is 3.37. The Morgan fingerprint density at radius 2 is 1.72 bits per heavy atom. The van der Waals surface area contributed by atoms with Crippen LogP contribution in [0.5, 0.6) is 5.75 Å². The number of hydrogen-bond acceptors (Lipinski definition) is 4. The van der Waals surface area contributed by atoms with Gasteiger partial charge < -0.3 is 15.0 Å². The first-order valence-electron chi connectivity index (χ1n) is 9.87. The van der Waals surface area contributed by atoms with Crippen LogP contribution in [0.3, 0.4) is 0 Å². The number of fused-ring (bicyclic) bond motifs is 1. The van der Waals surface area contributed by atoms with Crippen LogP contribution in [0.1, 0.15) is 24.3 Å². The van der Waals surface area contributed by atoms with Gasteiger partial charge in [-0.05, 0) is 32.0 Å². The van der Waals surface area contributed by atoms with Crippen molar-refractivity contribution < 1.29 is 14.4 Å². The zero-order valence-corrected chi connectivity index (χ0v) is 17.1. The van der Waals surface area contributed by atoms with E-state index in [1.807, 2.05) is 6.07 Å². The summed E-state index contributed by atoms with van der Waals surface area (Å²) in [5.74, 6) is 0.213. The number of likely N-dealkylation sites (N-methyl/N-ethyl adjacent to an activating group) is 1. The van der Waals surface area contributed by atoms with E-state index < -0.39 is 0 Å². The Balaban J connectivity index is 2.04. The molecule has 1 heterocycles. The molecule has 1 aromatic heterocycles. The average Bonchev–Trinajstić information content (AvgIpc) is 2.77. The highest BCUT2D eigenvalue weighted by atomic mass is 16.5. The van der Waals surface area contributed by atoms with Crippen LogP contribution < -0.4 is 20.5 Å². The lowest BCUT2D eigenvalue weighted by atomic mass is 10.1. The predicted octanol–water partition coefficient (Wildman–Crippen LogP) is 1.05. The van der Waals surface area contributed by atoms with E-state index in [1.165, 1.54) is 16.7 Å². The monoisotopic (exact) mass is 395 g/mol. The van der Waals surface area contributed by atoms with Gasteiger partial charge in [-0.25, -0.2) is 0 Å². The molecule has 152 valence electrons. The topological polar surface area (TPSA) is 77.7 Å². The first-order valence-corrected chi connectivity index (χ1v) is 9.87. The third kappa shape index (κ3) is 4.30. The number of rotatable bonds is 8. The van der Waals surface area contributed by atoms with Crippen LogP contribution in [0.15, 0.2) is 53.3 Å². The second kappa shape index (κ2) is 9.34. The SMILES string of the molecule is CC[NH+](CC)CCNC(=O)c1nn(-c2ccccc2OC)c(=O)c2ccccc12. The Kier molecular flexibility index (Phi) is 6.61. The third-order valence-corrected chi connectivity index (χ3v) is 5.10. The summed E-state index contributed by atoms with van der Waals surface area (Å²) in [4.78, 5) is 27.4. The van der Waals surface area contributed by atoms with Gasteiger partial charge in [-0.1, -0.05) is 30.3 Å². The van der Waals surface area contributed by atoms with E-state index in [9.17, 15) is 9.59 Å². The Labute approximate surface area is 169 Å². The van der Waals surface area contributed by atoms with Gasteiger partial charge in [-0.2, -0.15) is 9.78 Å². The normalized spacial score (nSPS) is 11.0. The van der Waals surface area contributed by atoms with Crippen LogP contribution in [0.2, 0.25) is 0 Å². The van der Waals surface area contributed by atoms with Gasteiger partial charge in [0.25, 0.3) is 11.5 Å². The predicted molar refractivity (Wildman–Crippen MR) is 113 cm³/mol. The highest BCUT2D eigenvalue weighted by Crippen LogP contribution is 2.22. The van der Waals surface area contributed by atoms with E-state index in [-0.39, 0.29) is 17.2 Å². The van der Waals surface area contributed by atoms with Crippen LogP contribution in [-0.2, 0) is 0 Å². The molecule has 2 N–H and O–H groups in total. The van der Waals surface area contributed by atoms with Gasteiger partial charge in [0.15, 0.2) is 5.69 Å². The molecule has 3 rings (SSSR count). The molecule has 2 aromatic carbocycles. The standard InChI is InChI=1S/C22H26N4O3/c1-4-25(5-2)15-14-23-21(27)20-16-10-6-7-11-17(16)22(28)26(24-20)18-12-8-9-13-19(18)29-3/h6-13H,4-5,14-15H2,1-3H3,(H,23,27)/p+1. The van der Waals surface area contributed by atoms with Gasteiger partial charge in [-0.3, -0.25) is 9.59 Å². The first-order chi connectivity index (χ1) is 14.1. The van der Waals surface area contributed by atoms with Gasteiger partial charge in [0.1, 0.15) is 11.4 Å². The van der Waals surface area contributed by atoms with Crippen molar-refractivity contribution in [2.45, 2.75) is 13.8 Å². The fraction of sp³-hybridized carbons (Fsp3) is 0.318. The summed E-state index contributed by atoms with van der Waals surface area (Å²) in [5, 5.41) is 8.35. The second-order valence-electron chi connectivity index (χ2n) is 6.75. The lowest BCUT2D eigenvalue weighted by Gasteiger charge is -2.16. The third-order valence-electron chi connectivity index (χ3n) is 5.10. The maximum atomic E-state index is 13.1. The van der Waals surface area contributed by atoms with Gasteiger partial charge in [0, 0.05) is 5.39 Å². The van der Waals surface area contributed by atoms with Crippen LogP contribution in [-0.4, -0.2) is 49.0 Å². The Morgan fingerprint density at radius 1 is 1.07 bits per heavy atom. The Bertz CT molecular complexity index is 1060. The highest BCUT2D eigenvalue weighted by molar-refractivity contribution is 6.04. The average molecular weight is 395 g/mol. The number of quaternary nitrogens is 1. The van der Waals surface area contributed by atoms with Gasteiger partial charge in [0.2, 0.25) is 0 Å². The molecule has 0 fully saturated rings. The smallest absolute Gasteiger partial charge is 0.279 e. The maximum absolute atomic E-state index is 13.1. The highest BCUT2D eigenvalue weighted by Gasteiger charge is 2.19. The van der Waals surface area contributed by atoms with Crippen molar-refractivity contribution in [2.75, 3.05) is 33.3 Å². The van der Waals surface area contributed by atoms with E-state index in [1.54, 1.807) is 42.5 Å². The maximum Gasteiger partial charge on any atom is 0.279 e. The number of benzene rings is 2. The summed E-state index contributed by atoms with van der Waals surface area (Å²) in [7, 11) is 1.54. The minimum atomic E-state index is -0.297. The number of ether oxygens (including phenoxy) is 1. The number of aromatic nitrogens is 2. The molecule has 0 unspecified atom stereocenters. The first kappa shape index (κ1) is 20.5. The van der Waals surface area contributed by atoms with E-state index >= 15 is 0 Å². The Hall–Kier alpha value is -3.19. The molecule has 0 aliphatic rings. The Morgan fingerprint density at radius 3 is 2.41 bits per heavy atom. The zero-order chi connectivity index (χ0) is 20.8. The molecule has 0 atom stereocenters. The van der Waals surface area contributed by atoms with Gasteiger partial charge in [0.05, 0.1) is 38.7 Å². The molecule has 1 amide bonds. The van der Waals surface area contributed by atoms with Crippen molar-refractivity contribution in [3.8, 4) is 11.4 Å². The number of carbonyl (C=O) groups excluding carboxylic acids is 1. The molecule has 3 aromatic rings. The fourth-order valence-electron chi connectivity index (χ4n) is 3.37. The summed E-state index contributed by atoms with van der Waals surface area (Å²) in [6.07, 6.45) is 0. The minimum Gasteiger partial charge on any atom is -0.494 e. The number of hydrogen-bond donors (Lipinski definition) is 2. The quantitative estimate of drug-likeness (QED) is 0.598. The van der Waals surface area contributed by atoms with Crippen LogP contribution in [0, 0.1) is 0 Å². The molecule has 7 heteroatoms. The lowest BCUT2D eigenvalue weighted by Crippen LogP contribution is -3.12. The molecule has 0 bridgehead atoms. The van der Waals surface area contributed by atoms with Crippen molar-refractivity contribution in [1.82, 2.24) is 15.1 Å². The number of amides is 1. The second-order valence-corrected chi connectivity index (χ2v) is 6.75. The summed E-state index contributed by atoms with van der Waals surface area (Å²) >= 11 is 0. The van der Waals surface area contributed by atoms with Crippen LogP contribution >= 0.6 is 0 Å². The van der Waals surface area contributed by atoms with E-state index in [2.05, 4.69) is 24.3 Å². The van der Waals surface area contributed by atoms with Crippen molar-refractivity contribution in [1.29, 1.82) is 0 Å². The molecule has 7 nitrogen and oxygen atoms in total. The van der Waals surface area contributed by atoms with Crippen molar-refractivity contribution in [3.05, 3.63) is 64.6 Å². The number of para-hydroxylation sites is 2.